The minimum absolute atomic E-state index is 0.0742. The fourth-order valence-electron chi connectivity index (χ4n) is 2.99. The second-order valence-electron chi connectivity index (χ2n) is 6.76. The Morgan fingerprint density at radius 3 is 2.29 bits per heavy atom. The molecule has 0 saturated heterocycles. The van der Waals surface area contributed by atoms with Crippen LogP contribution in [0, 0.1) is 11.8 Å². The number of carbonyl (C=O) groups excluding carboxylic acids is 1. The van der Waals surface area contributed by atoms with E-state index in [2.05, 4.69) is 22.1 Å². The standard InChI is InChI=1S/C27H20N2OS/c30-27(26(22-11-3-1-4-12-22)31-25-15-5-2-6-16-25)29-24-14-9-10-21(20-24)17-18-23-13-7-8-19-28-23/h1-16,19-20,26H,(H,29,30)/t26-/m0/s1. The van der Waals surface area contributed by atoms with E-state index in [-0.39, 0.29) is 11.2 Å². The highest BCUT2D eigenvalue weighted by molar-refractivity contribution is 8.00. The Labute approximate surface area is 186 Å². The molecule has 0 bridgehead atoms. The van der Waals surface area contributed by atoms with E-state index in [1.165, 1.54) is 11.8 Å². The normalized spacial score (nSPS) is 11.1. The van der Waals surface area contributed by atoms with Crippen LogP contribution < -0.4 is 5.32 Å². The maximum absolute atomic E-state index is 13.2. The lowest BCUT2D eigenvalue weighted by Crippen LogP contribution is -2.19. The molecule has 1 N–H and O–H groups in total. The zero-order valence-corrected chi connectivity index (χ0v) is 17.5. The number of anilines is 1. The van der Waals surface area contributed by atoms with Gasteiger partial charge in [0.2, 0.25) is 5.91 Å². The predicted octanol–water partition coefficient (Wildman–Crippen LogP) is 5.95. The second kappa shape index (κ2) is 10.3. The van der Waals surface area contributed by atoms with E-state index in [0.29, 0.717) is 11.4 Å². The Bertz CT molecular complexity index is 1200. The first kappa shape index (κ1) is 20.5. The molecule has 1 aromatic heterocycles. The number of rotatable bonds is 5. The van der Waals surface area contributed by atoms with Gasteiger partial charge in [0.05, 0.1) is 0 Å². The number of nitrogens with one attached hydrogen (secondary N) is 1. The number of hydrogen-bond donors (Lipinski definition) is 1. The Balaban J connectivity index is 1.54. The Morgan fingerprint density at radius 2 is 1.55 bits per heavy atom. The van der Waals surface area contributed by atoms with Gasteiger partial charge in [-0.25, -0.2) is 4.98 Å². The zero-order chi connectivity index (χ0) is 21.3. The van der Waals surface area contributed by atoms with E-state index >= 15 is 0 Å². The maximum atomic E-state index is 13.2. The SMILES string of the molecule is O=C(Nc1cccc(C#Cc2ccccn2)c1)[C@@H](Sc1ccccc1)c1ccccc1. The van der Waals surface area contributed by atoms with Crippen molar-refractivity contribution in [3.63, 3.8) is 0 Å². The minimum Gasteiger partial charge on any atom is -0.325 e. The molecule has 1 atom stereocenters. The van der Waals surface area contributed by atoms with Crippen molar-refractivity contribution >= 4 is 23.4 Å². The van der Waals surface area contributed by atoms with Crippen LogP contribution in [-0.4, -0.2) is 10.9 Å². The number of amides is 1. The van der Waals surface area contributed by atoms with Gasteiger partial charge in [-0.2, -0.15) is 0 Å². The third-order valence-corrected chi connectivity index (χ3v) is 5.73. The molecule has 1 amide bonds. The largest absolute Gasteiger partial charge is 0.325 e. The van der Waals surface area contributed by atoms with Crippen LogP contribution in [-0.2, 0) is 4.79 Å². The highest BCUT2D eigenvalue weighted by Gasteiger charge is 2.22. The van der Waals surface area contributed by atoms with Crippen molar-refractivity contribution in [1.29, 1.82) is 0 Å². The van der Waals surface area contributed by atoms with Gasteiger partial charge in [-0.3, -0.25) is 4.79 Å². The molecule has 0 fully saturated rings. The number of nitrogens with zero attached hydrogens (tertiary/aromatic N) is 1. The van der Waals surface area contributed by atoms with Gasteiger partial charge in [-0.1, -0.05) is 66.6 Å². The van der Waals surface area contributed by atoms with Crippen LogP contribution in [0.4, 0.5) is 5.69 Å². The van der Waals surface area contributed by atoms with Crippen molar-refractivity contribution in [2.75, 3.05) is 5.32 Å². The fourth-order valence-corrected chi connectivity index (χ4v) is 4.04. The summed E-state index contributed by atoms with van der Waals surface area (Å²) in [6.07, 6.45) is 1.72. The molecule has 3 aromatic carbocycles. The van der Waals surface area contributed by atoms with Crippen molar-refractivity contribution < 1.29 is 4.79 Å². The number of benzene rings is 3. The third kappa shape index (κ3) is 5.85. The van der Waals surface area contributed by atoms with E-state index in [9.17, 15) is 4.79 Å². The summed E-state index contributed by atoms with van der Waals surface area (Å²) < 4.78 is 0. The van der Waals surface area contributed by atoms with Gasteiger partial charge in [0.25, 0.3) is 0 Å². The quantitative estimate of drug-likeness (QED) is 0.320. The van der Waals surface area contributed by atoms with Crippen molar-refractivity contribution in [2.24, 2.45) is 0 Å². The summed E-state index contributed by atoms with van der Waals surface area (Å²) in [7, 11) is 0. The first-order chi connectivity index (χ1) is 15.3. The first-order valence-electron chi connectivity index (χ1n) is 9.88. The lowest BCUT2D eigenvalue weighted by Gasteiger charge is -2.17. The Morgan fingerprint density at radius 1 is 0.806 bits per heavy atom. The molecule has 0 spiro atoms. The molecule has 0 aliphatic rings. The van der Waals surface area contributed by atoms with Gasteiger partial charge in [0.15, 0.2) is 0 Å². The van der Waals surface area contributed by atoms with Gasteiger partial charge >= 0.3 is 0 Å². The summed E-state index contributed by atoms with van der Waals surface area (Å²) in [6.45, 7) is 0. The van der Waals surface area contributed by atoms with Crippen LogP contribution in [0.2, 0.25) is 0 Å². The van der Waals surface area contributed by atoms with E-state index in [1.54, 1.807) is 6.20 Å². The van der Waals surface area contributed by atoms with Gasteiger partial charge in [-0.15, -0.1) is 11.8 Å². The molecule has 1 heterocycles. The molecule has 150 valence electrons. The molecule has 31 heavy (non-hydrogen) atoms. The third-order valence-electron chi connectivity index (χ3n) is 4.47. The molecular weight excluding hydrogens is 400 g/mol. The molecule has 0 unspecified atom stereocenters. The molecule has 0 aliphatic heterocycles. The summed E-state index contributed by atoms with van der Waals surface area (Å²) in [5.41, 5.74) is 3.20. The van der Waals surface area contributed by atoms with Crippen molar-refractivity contribution in [2.45, 2.75) is 10.1 Å². The summed E-state index contributed by atoms with van der Waals surface area (Å²) >= 11 is 1.53. The smallest absolute Gasteiger partial charge is 0.242 e. The van der Waals surface area contributed by atoms with E-state index < -0.39 is 0 Å². The minimum atomic E-state index is -0.369. The van der Waals surface area contributed by atoms with Crippen LogP contribution in [0.25, 0.3) is 0 Å². The Kier molecular flexibility index (Phi) is 6.79. The van der Waals surface area contributed by atoms with E-state index in [1.807, 2.05) is 103 Å². The van der Waals surface area contributed by atoms with Crippen LogP contribution >= 0.6 is 11.8 Å². The van der Waals surface area contributed by atoms with Crippen molar-refractivity contribution in [3.05, 3.63) is 126 Å². The summed E-state index contributed by atoms with van der Waals surface area (Å²) in [5, 5.41) is 2.69. The fraction of sp³-hybridized carbons (Fsp3) is 0.0370. The molecular formula is C27H20N2OS. The van der Waals surface area contributed by atoms with Gasteiger partial charge in [0, 0.05) is 22.3 Å². The zero-order valence-electron chi connectivity index (χ0n) is 16.7. The highest BCUT2D eigenvalue weighted by atomic mass is 32.2. The first-order valence-corrected chi connectivity index (χ1v) is 10.8. The van der Waals surface area contributed by atoms with Gasteiger partial charge in [-0.05, 0) is 53.9 Å². The van der Waals surface area contributed by atoms with Crippen LogP contribution in [0.1, 0.15) is 22.1 Å². The highest BCUT2D eigenvalue weighted by Crippen LogP contribution is 2.36. The van der Waals surface area contributed by atoms with Crippen LogP contribution in [0.3, 0.4) is 0 Å². The monoisotopic (exact) mass is 420 g/mol. The summed E-state index contributed by atoms with van der Waals surface area (Å²) in [6, 6.07) is 33.0. The van der Waals surface area contributed by atoms with Gasteiger partial charge < -0.3 is 5.32 Å². The summed E-state index contributed by atoms with van der Waals surface area (Å²) in [5.74, 6) is 6.08. The molecule has 4 rings (SSSR count). The molecule has 0 radical (unpaired) electrons. The second-order valence-corrected chi connectivity index (χ2v) is 7.94. The van der Waals surface area contributed by atoms with Crippen molar-refractivity contribution in [1.82, 2.24) is 4.98 Å². The number of thioether (sulfide) groups is 1. The molecule has 0 saturated carbocycles. The predicted molar refractivity (Wildman–Crippen MR) is 127 cm³/mol. The number of pyridine rings is 1. The number of hydrogen-bond acceptors (Lipinski definition) is 3. The Hall–Kier alpha value is -3.81. The van der Waals surface area contributed by atoms with E-state index in [4.69, 9.17) is 0 Å². The molecule has 0 aliphatic carbocycles. The van der Waals surface area contributed by atoms with Crippen molar-refractivity contribution in [3.8, 4) is 11.8 Å². The topological polar surface area (TPSA) is 42.0 Å². The average molecular weight is 421 g/mol. The number of aromatic nitrogens is 1. The summed E-state index contributed by atoms with van der Waals surface area (Å²) in [4.78, 5) is 18.5. The van der Waals surface area contributed by atoms with Gasteiger partial charge in [0.1, 0.15) is 10.9 Å². The number of carbonyl (C=O) groups is 1. The lowest BCUT2D eigenvalue weighted by atomic mass is 10.1. The van der Waals surface area contributed by atoms with Crippen LogP contribution in [0.15, 0.2) is 114 Å². The van der Waals surface area contributed by atoms with E-state index in [0.717, 1.165) is 16.0 Å². The molecule has 3 nitrogen and oxygen atoms in total. The maximum Gasteiger partial charge on any atom is 0.242 e. The average Bonchev–Trinajstić information content (AvgIpc) is 2.83. The molecule has 4 heteroatoms. The molecule has 4 aromatic rings. The lowest BCUT2D eigenvalue weighted by molar-refractivity contribution is -0.115. The van der Waals surface area contributed by atoms with Crippen LogP contribution in [0.5, 0.6) is 0 Å².